The van der Waals surface area contributed by atoms with Gasteiger partial charge in [0, 0.05) is 18.0 Å². The van der Waals surface area contributed by atoms with Crippen molar-refractivity contribution in [2.24, 2.45) is 0 Å². The summed E-state index contributed by atoms with van der Waals surface area (Å²) in [5.41, 5.74) is 2.39. The van der Waals surface area contributed by atoms with Gasteiger partial charge in [-0.3, -0.25) is 10.0 Å². The molecule has 2 aromatic carbocycles. The van der Waals surface area contributed by atoms with Gasteiger partial charge < -0.3 is 19.3 Å². The summed E-state index contributed by atoms with van der Waals surface area (Å²) in [7, 11) is -4.16. The van der Waals surface area contributed by atoms with Crippen LogP contribution in [-0.2, 0) is 30.9 Å². The van der Waals surface area contributed by atoms with Gasteiger partial charge in [0.05, 0.1) is 17.0 Å². The predicted molar refractivity (Wildman–Crippen MR) is 124 cm³/mol. The third kappa shape index (κ3) is 5.61. The van der Waals surface area contributed by atoms with E-state index >= 15 is 0 Å². The number of rotatable bonds is 7. The highest BCUT2D eigenvalue weighted by Crippen LogP contribution is 2.39. The molecule has 0 aliphatic carbocycles. The van der Waals surface area contributed by atoms with Crippen molar-refractivity contribution >= 4 is 27.5 Å². The summed E-state index contributed by atoms with van der Waals surface area (Å²) in [6.45, 7) is 3.23. The molecule has 0 unspecified atom stereocenters. The van der Waals surface area contributed by atoms with Gasteiger partial charge in [-0.2, -0.15) is 4.31 Å². The van der Waals surface area contributed by atoms with E-state index in [1.165, 1.54) is 29.7 Å². The van der Waals surface area contributed by atoms with Gasteiger partial charge in [-0.1, -0.05) is 23.7 Å². The molecule has 4 atom stereocenters. The Morgan fingerprint density at radius 3 is 2.54 bits per heavy atom. The zero-order valence-corrected chi connectivity index (χ0v) is 20.7. The summed E-state index contributed by atoms with van der Waals surface area (Å²) in [6, 6.07) is 12.0. The summed E-state index contributed by atoms with van der Waals surface area (Å²) >= 11 is 5.98. The summed E-state index contributed by atoms with van der Waals surface area (Å²) in [5, 5.41) is 20.3. The minimum absolute atomic E-state index is 0.0502. The average molecular weight is 527 g/mol. The minimum Gasteiger partial charge on any atom is -0.489 e. The second kappa shape index (κ2) is 10.0. The molecule has 0 spiro atoms. The Kier molecular flexibility index (Phi) is 7.39. The van der Waals surface area contributed by atoms with E-state index < -0.39 is 46.1 Å². The molecule has 2 aliphatic heterocycles. The lowest BCUT2D eigenvalue weighted by Crippen LogP contribution is -2.62. The first-order valence-corrected chi connectivity index (χ1v) is 12.8. The van der Waals surface area contributed by atoms with E-state index in [4.69, 9.17) is 31.0 Å². The number of β-amino-alcohol motifs (C(OH)–C–C–N with tert-alkyl or cyclic N) is 1. The quantitative estimate of drug-likeness (QED) is 0.368. The number of benzene rings is 2. The van der Waals surface area contributed by atoms with Gasteiger partial charge in [-0.05, 0) is 55.8 Å². The highest BCUT2D eigenvalue weighted by molar-refractivity contribution is 7.89. The van der Waals surface area contributed by atoms with Crippen LogP contribution in [0.5, 0.6) is 5.75 Å². The van der Waals surface area contributed by atoms with Crippen molar-refractivity contribution in [3.8, 4) is 5.75 Å². The summed E-state index contributed by atoms with van der Waals surface area (Å²) in [5.74, 6) is -1.41. The fourth-order valence-electron chi connectivity index (χ4n) is 4.37. The molecule has 2 fully saturated rings. The zero-order valence-electron chi connectivity index (χ0n) is 19.1. The van der Waals surface area contributed by atoms with Crippen LogP contribution >= 0.6 is 11.6 Å². The van der Waals surface area contributed by atoms with E-state index in [-0.39, 0.29) is 24.5 Å². The molecule has 12 heteroatoms. The molecule has 4 rings (SSSR count). The van der Waals surface area contributed by atoms with Crippen LogP contribution in [0, 0.1) is 0 Å². The Bertz CT molecular complexity index is 1170. The number of carbonyl (C=O) groups is 1. The Balaban J connectivity index is 1.56. The number of amides is 1. The van der Waals surface area contributed by atoms with Crippen molar-refractivity contribution < 1.29 is 37.7 Å². The Morgan fingerprint density at radius 1 is 1.20 bits per heavy atom. The normalized spacial score (nSPS) is 26.2. The van der Waals surface area contributed by atoms with E-state index in [0.717, 1.165) is 9.87 Å². The number of ether oxygens (including phenoxy) is 3. The number of halogens is 1. The molecule has 0 bridgehead atoms. The number of fused-ring (bicyclic) bond motifs is 1. The van der Waals surface area contributed by atoms with Crippen LogP contribution in [0.3, 0.4) is 0 Å². The van der Waals surface area contributed by atoms with E-state index in [2.05, 4.69) is 0 Å². The molecular weight excluding hydrogens is 500 g/mol. The first kappa shape index (κ1) is 25.8. The number of aliphatic hydroxyl groups is 1. The smallest absolute Gasteiger partial charge is 0.245 e. The maximum atomic E-state index is 13.6. The minimum atomic E-state index is -4.16. The third-order valence-electron chi connectivity index (χ3n) is 5.90. The van der Waals surface area contributed by atoms with Crippen molar-refractivity contribution in [2.45, 2.75) is 61.9 Å². The largest absolute Gasteiger partial charge is 0.489 e. The molecule has 190 valence electrons. The lowest BCUT2D eigenvalue weighted by atomic mass is 9.94. The molecule has 2 saturated heterocycles. The van der Waals surface area contributed by atoms with Gasteiger partial charge in [-0.25, -0.2) is 13.9 Å². The average Bonchev–Trinajstić information content (AvgIpc) is 3.15. The highest BCUT2D eigenvalue weighted by Gasteiger charge is 2.56. The summed E-state index contributed by atoms with van der Waals surface area (Å²) < 4.78 is 45.5. The van der Waals surface area contributed by atoms with Crippen molar-refractivity contribution in [3.05, 3.63) is 59.1 Å². The van der Waals surface area contributed by atoms with Crippen LogP contribution < -0.4 is 10.2 Å². The Morgan fingerprint density at radius 2 is 1.89 bits per heavy atom. The lowest BCUT2D eigenvalue weighted by molar-refractivity contribution is -0.153. The maximum Gasteiger partial charge on any atom is 0.245 e. The second-order valence-corrected chi connectivity index (χ2v) is 11.2. The number of hydroxylamine groups is 1. The summed E-state index contributed by atoms with van der Waals surface area (Å²) in [6.07, 6.45) is -3.30. The van der Waals surface area contributed by atoms with Gasteiger partial charge >= 0.3 is 0 Å². The number of carbonyl (C=O) groups excluding carboxylic acids is 1. The van der Waals surface area contributed by atoms with Gasteiger partial charge in [0.1, 0.15) is 24.6 Å². The SMILES string of the molecule is CC1(C)O[C@@H]2[C@H](O1)[C@H](O)CN(S(=O)(=O)c1ccc(OCc3cccc(Cl)c3)cc1)[C@@H]2CC(=O)NO. The molecule has 2 aliphatic rings. The van der Waals surface area contributed by atoms with E-state index in [1.54, 1.807) is 26.0 Å². The molecule has 2 aromatic rings. The topological polar surface area (TPSA) is 135 Å². The predicted octanol–water partition coefficient (Wildman–Crippen LogP) is 2.07. The van der Waals surface area contributed by atoms with Gasteiger partial charge in [0.25, 0.3) is 0 Å². The number of sulfonamides is 1. The Labute approximate surface area is 208 Å². The van der Waals surface area contributed by atoms with E-state index in [0.29, 0.717) is 10.8 Å². The van der Waals surface area contributed by atoms with Crippen LogP contribution in [0.15, 0.2) is 53.4 Å². The molecule has 1 amide bonds. The molecular formula is C23H27ClN2O8S. The molecule has 0 saturated carbocycles. The number of hydrogen-bond acceptors (Lipinski definition) is 8. The third-order valence-corrected chi connectivity index (χ3v) is 8.04. The first-order chi connectivity index (χ1) is 16.5. The highest BCUT2D eigenvalue weighted by atomic mass is 35.5. The van der Waals surface area contributed by atoms with Crippen molar-refractivity contribution in [1.82, 2.24) is 9.79 Å². The number of aliphatic hydroxyl groups excluding tert-OH is 1. The van der Waals surface area contributed by atoms with Crippen LogP contribution in [0.4, 0.5) is 0 Å². The zero-order chi connectivity index (χ0) is 25.4. The molecule has 0 radical (unpaired) electrons. The Hall–Kier alpha value is -2.25. The number of nitrogens with zero attached hydrogens (tertiary/aromatic N) is 1. The fourth-order valence-corrected chi connectivity index (χ4v) is 6.23. The summed E-state index contributed by atoms with van der Waals surface area (Å²) in [4.78, 5) is 12.0. The van der Waals surface area contributed by atoms with Gasteiger partial charge in [0.15, 0.2) is 5.79 Å². The molecule has 0 aromatic heterocycles. The first-order valence-electron chi connectivity index (χ1n) is 11.0. The fraction of sp³-hybridized carbons (Fsp3) is 0.435. The van der Waals surface area contributed by atoms with E-state index in [1.807, 2.05) is 12.1 Å². The number of piperidine rings is 1. The molecule has 2 heterocycles. The monoisotopic (exact) mass is 526 g/mol. The van der Waals surface area contributed by atoms with Crippen molar-refractivity contribution in [1.29, 1.82) is 0 Å². The lowest BCUT2D eigenvalue weighted by Gasteiger charge is -2.42. The molecule has 35 heavy (non-hydrogen) atoms. The van der Waals surface area contributed by atoms with Crippen LogP contribution in [0.2, 0.25) is 5.02 Å². The van der Waals surface area contributed by atoms with Crippen LogP contribution in [-0.4, -0.2) is 65.6 Å². The van der Waals surface area contributed by atoms with Crippen molar-refractivity contribution in [2.75, 3.05) is 6.54 Å². The van der Waals surface area contributed by atoms with Crippen molar-refractivity contribution in [3.63, 3.8) is 0 Å². The molecule has 3 N–H and O–H groups in total. The number of nitrogens with one attached hydrogen (secondary N) is 1. The van der Waals surface area contributed by atoms with E-state index in [9.17, 15) is 18.3 Å². The maximum absolute atomic E-state index is 13.6. The van der Waals surface area contributed by atoms with Gasteiger partial charge in [-0.15, -0.1) is 0 Å². The van der Waals surface area contributed by atoms with Crippen LogP contribution in [0.1, 0.15) is 25.8 Å². The van der Waals surface area contributed by atoms with Gasteiger partial charge in [0.2, 0.25) is 15.9 Å². The van der Waals surface area contributed by atoms with Crippen LogP contribution in [0.25, 0.3) is 0 Å². The second-order valence-electron chi connectivity index (χ2n) is 8.90. The molecule has 10 nitrogen and oxygen atoms in total. The standard InChI is InChI=1S/C23H27ClN2O8S/c1-23(2)33-21-18(11-20(28)25-29)26(12-19(27)22(21)34-23)35(30,31)17-8-6-16(7-9-17)32-13-14-4-3-5-15(24)10-14/h3-10,18-19,21-22,27,29H,11-13H2,1-2H3,(H,25,28)/t18-,19-,21+,22-/m1/s1. The number of hydrogen-bond donors (Lipinski definition) is 3.